The van der Waals surface area contributed by atoms with Gasteiger partial charge in [-0.05, 0) is 40.9 Å². The summed E-state index contributed by atoms with van der Waals surface area (Å²) in [6.45, 7) is 0.783. The van der Waals surface area contributed by atoms with E-state index in [0.717, 1.165) is 16.6 Å². The highest BCUT2D eigenvalue weighted by atomic mass is 19.1. The molecule has 1 heterocycles. The van der Waals surface area contributed by atoms with Crippen molar-refractivity contribution in [2.24, 2.45) is 0 Å². The number of rotatable bonds is 3. The largest absolute Gasteiger partial charge is 0.491 e. The highest BCUT2D eigenvalue weighted by Crippen LogP contribution is 2.17. The van der Waals surface area contributed by atoms with Crippen LogP contribution in [0, 0.1) is 5.82 Å². The third-order valence-corrected chi connectivity index (χ3v) is 3.10. The fourth-order valence-corrected chi connectivity index (χ4v) is 2.03. The molecule has 0 saturated carbocycles. The lowest BCUT2D eigenvalue weighted by molar-refractivity contribution is 0.275. The van der Waals surface area contributed by atoms with E-state index in [1.807, 2.05) is 12.1 Å². The minimum absolute atomic E-state index is 0.262. The van der Waals surface area contributed by atoms with Gasteiger partial charge in [-0.1, -0.05) is 18.2 Å². The second kappa shape index (κ2) is 5.03. The summed E-state index contributed by atoms with van der Waals surface area (Å²) in [5, 5.41) is 9.60. The van der Waals surface area contributed by atoms with Crippen molar-refractivity contribution in [1.82, 2.24) is 0 Å². The average Bonchev–Trinajstić information content (AvgIpc) is 2.80. The van der Waals surface area contributed by atoms with E-state index in [9.17, 15) is 9.41 Å². The quantitative estimate of drug-likeness (QED) is 0.850. The average molecular weight is 258 g/mol. The van der Waals surface area contributed by atoms with Gasteiger partial charge < -0.3 is 14.4 Å². The maximum Gasteiger partial charge on any atom is 0.491 e. The molecule has 0 bridgehead atoms. The monoisotopic (exact) mass is 258 g/mol. The molecular weight excluding hydrogens is 246 g/mol. The SMILES string of the molecule is OB1OCc2ccc(OCc3ccc(F)cc3)cc21. The lowest BCUT2D eigenvalue weighted by Gasteiger charge is -2.08. The summed E-state index contributed by atoms with van der Waals surface area (Å²) < 4.78 is 23.5. The van der Waals surface area contributed by atoms with Crippen molar-refractivity contribution in [2.45, 2.75) is 13.2 Å². The van der Waals surface area contributed by atoms with Gasteiger partial charge in [-0.2, -0.15) is 0 Å². The van der Waals surface area contributed by atoms with Crippen LogP contribution in [0.1, 0.15) is 11.1 Å². The first-order valence-corrected chi connectivity index (χ1v) is 6.02. The van der Waals surface area contributed by atoms with E-state index in [1.54, 1.807) is 18.2 Å². The zero-order valence-corrected chi connectivity index (χ0v) is 10.2. The Kier molecular flexibility index (Phi) is 3.23. The van der Waals surface area contributed by atoms with Crippen LogP contribution in [0.3, 0.4) is 0 Å². The molecule has 19 heavy (non-hydrogen) atoms. The van der Waals surface area contributed by atoms with Gasteiger partial charge in [0.05, 0.1) is 6.61 Å². The topological polar surface area (TPSA) is 38.7 Å². The van der Waals surface area contributed by atoms with Gasteiger partial charge in [0.1, 0.15) is 18.2 Å². The summed E-state index contributed by atoms with van der Waals surface area (Å²) in [6.07, 6.45) is 0. The van der Waals surface area contributed by atoms with Crippen LogP contribution in [0.25, 0.3) is 0 Å². The van der Waals surface area contributed by atoms with Crippen LogP contribution in [-0.2, 0) is 17.9 Å². The van der Waals surface area contributed by atoms with Gasteiger partial charge in [0.25, 0.3) is 0 Å². The molecule has 0 radical (unpaired) electrons. The second-order valence-electron chi connectivity index (χ2n) is 4.44. The first kappa shape index (κ1) is 12.2. The number of halogens is 1. The predicted octanol–water partition coefficient (Wildman–Crippen LogP) is 1.62. The van der Waals surface area contributed by atoms with Crippen LogP contribution < -0.4 is 10.2 Å². The van der Waals surface area contributed by atoms with Crippen molar-refractivity contribution in [3.05, 3.63) is 59.4 Å². The Morgan fingerprint density at radius 1 is 1.21 bits per heavy atom. The summed E-state index contributed by atoms with van der Waals surface area (Å²) in [7, 11) is -0.871. The highest BCUT2D eigenvalue weighted by molar-refractivity contribution is 6.61. The molecule has 1 N–H and O–H groups in total. The minimum atomic E-state index is -0.871. The van der Waals surface area contributed by atoms with Gasteiger partial charge in [0, 0.05) is 0 Å². The Morgan fingerprint density at radius 2 is 2.00 bits per heavy atom. The molecule has 0 saturated heterocycles. The predicted molar refractivity (Wildman–Crippen MR) is 69.6 cm³/mol. The van der Waals surface area contributed by atoms with Gasteiger partial charge >= 0.3 is 7.12 Å². The van der Waals surface area contributed by atoms with Crippen LogP contribution in [0.2, 0.25) is 0 Å². The summed E-state index contributed by atoms with van der Waals surface area (Å²) in [5.41, 5.74) is 2.61. The molecule has 0 fully saturated rings. The molecule has 3 rings (SSSR count). The zero-order valence-electron chi connectivity index (χ0n) is 10.2. The maximum atomic E-state index is 12.8. The highest BCUT2D eigenvalue weighted by Gasteiger charge is 2.27. The molecule has 0 amide bonds. The minimum Gasteiger partial charge on any atom is -0.489 e. The van der Waals surface area contributed by atoms with Crippen LogP contribution in [-0.4, -0.2) is 12.1 Å². The molecule has 0 aliphatic carbocycles. The third-order valence-electron chi connectivity index (χ3n) is 3.10. The summed E-state index contributed by atoms with van der Waals surface area (Å²) in [4.78, 5) is 0. The fourth-order valence-electron chi connectivity index (χ4n) is 2.03. The van der Waals surface area contributed by atoms with Crippen LogP contribution in [0.5, 0.6) is 5.75 Å². The first-order chi connectivity index (χ1) is 9.22. The Morgan fingerprint density at radius 3 is 2.79 bits per heavy atom. The van der Waals surface area contributed by atoms with E-state index in [0.29, 0.717) is 19.0 Å². The van der Waals surface area contributed by atoms with E-state index >= 15 is 0 Å². The van der Waals surface area contributed by atoms with Crippen molar-refractivity contribution in [1.29, 1.82) is 0 Å². The van der Waals surface area contributed by atoms with Crippen LogP contribution in [0.4, 0.5) is 4.39 Å². The van der Waals surface area contributed by atoms with Crippen molar-refractivity contribution in [3.8, 4) is 5.75 Å². The molecule has 96 valence electrons. The summed E-state index contributed by atoms with van der Waals surface area (Å²) >= 11 is 0. The number of ether oxygens (including phenoxy) is 1. The van der Waals surface area contributed by atoms with E-state index in [-0.39, 0.29) is 5.82 Å². The molecule has 2 aromatic carbocycles. The first-order valence-electron chi connectivity index (χ1n) is 6.02. The smallest absolute Gasteiger partial charge is 0.489 e. The molecule has 0 aromatic heterocycles. The molecular formula is C14H12BFO3. The summed E-state index contributed by atoms with van der Waals surface area (Å²) in [5.74, 6) is 0.397. The Balaban J connectivity index is 1.70. The van der Waals surface area contributed by atoms with Crippen molar-refractivity contribution < 1.29 is 18.8 Å². The number of benzene rings is 2. The van der Waals surface area contributed by atoms with Gasteiger partial charge in [0.15, 0.2) is 0 Å². The summed E-state index contributed by atoms with van der Waals surface area (Å²) in [6, 6.07) is 11.7. The van der Waals surface area contributed by atoms with Gasteiger partial charge in [-0.3, -0.25) is 0 Å². The normalized spacial score (nSPS) is 13.5. The molecule has 1 aliphatic rings. The van der Waals surface area contributed by atoms with Crippen molar-refractivity contribution >= 4 is 12.6 Å². The van der Waals surface area contributed by atoms with E-state index < -0.39 is 7.12 Å². The Hall–Kier alpha value is -1.85. The third kappa shape index (κ3) is 2.62. The molecule has 0 atom stereocenters. The van der Waals surface area contributed by atoms with E-state index in [2.05, 4.69) is 0 Å². The van der Waals surface area contributed by atoms with E-state index in [4.69, 9.17) is 9.39 Å². The molecule has 0 unspecified atom stereocenters. The van der Waals surface area contributed by atoms with Crippen molar-refractivity contribution in [3.63, 3.8) is 0 Å². The number of hydrogen-bond donors (Lipinski definition) is 1. The molecule has 1 aliphatic heterocycles. The standard InChI is InChI=1S/C14H12BFO3/c16-12-4-1-10(2-5-12)8-18-13-6-3-11-9-19-15(17)14(11)7-13/h1-7,17H,8-9H2. The van der Waals surface area contributed by atoms with Gasteiger partial charge in [-0.15, -0.1) is 0 Å². The maximum absolute atomic E-state index is 12.8. The van der Waals surface area contributed by atoms with Crippen LogP contribution in [0.15, 0.2) is 42.5 Å². The molecule has 3 nitrogen and oxygen atoms in total. The second-order valence-corrected chi connectivity index (χ2v) is 4.44. The molecule has 2 aromatic rings. The van der Waals surface area contributed by atoms with Gasteiger partial charge in [-0.25, -0.2) is 4.39 Å². The Bertz CT molecular complexity index is 586. The van der Waals surface area contributed by atoms with Gasteiger partial charge in [0.2, 0.25) is 0 Å². The molecule has 0 spiro atoms. The number of hydrogen-bond acceptors (Lipinski definition) is 3. The molecule has 5 heteroatoms. The number of fused-ring (bicyclic) bond motifs is 1. The fraction of sp³-hybridized carbons (Fsp3) is 0.143. The lowest BCUT2D eigenvalue weighted by Crippen LogP contribution is -2.27. The zero-order chi connectivity index (χ0) is 13.2. The lowest BCUT2D eigenvalue weighted by atomic mass is 9.79. The van der Waals surface area contributed by atoms with E-state index in [1.165, 1.54) is 12.1 Å². The van der Waals surface area contributed by atoms with Crippen molar-refractivity contribution in [2.75, 3.05) is 0 Å². The Labute approximate surface area is 110 Å². The van der Waals surface area contributed by atoms with Crippen LogP contribution >= 0.6 is 0 Å².